The van der Waals surface area contributed by atoms with Gasteiger partial charge in [0.05, 0.1) is 6.42 Å². The Kier molecular flexibility index (Phi) is 6.35. The summed E-state index contributed by atoms with van der Waals surface area (Å²) in [4.78, 5) is 25.1. The largest absolute Gasteiger partial charge is 0.481 e. The lowest BCUT2D eigenvalue weighted by Gasteiger charge is -2.19. The number of aliphatic carboxylic acids is 1. The molecule has 0 spiro atoms. The minimum absolute atomic E-state index is 0.00410. The standard InChI is InChI=1S/C12H16BrNO3S/c1-2-14(6-5-12(16)17)11(15)4-3-10-7-9(13)8-18-10/h7-8H,2-6H2,1H3,(H,16,17). The molecule has 18 heavy (non-hydrogen) atoms. The Morgan fingerprint density at radius 3 is 2.67 bits per heavy atom. The van der Waals surface area contributed by atoms with Gasteiger partial charge in [-0.15, -0.1) is 11.3 Å². The first kappa shape index (κ1) is 15.2. The number of nitrogens with zero attached hydrogens (tertiary/aromatic N) is 1. The van der Waals surface area contributed by atoms with Gasteiger partial charge >= 0.3 is 5.97 Å². The van der Waals surface area contributed by atoms with Gasteiger partial charge in [-0.25, -0.2) is 0 Å². The maximum absolute atomic E-state index is 11.9. The average Bonchev–Trinajstić information content (AvgIpc) is 2.73. The van der Waals surface area contributed by atoms with E-state index < -0.39 is 5.97 Å². The fourth-order valence-electron chi connectivity index (χ4n) is 1.56. The highest BCUT2D eigenvalue weighted by Crippen LogP contribution is 2.21. The number of carboxylic acids is 1. The van der Waals surface area contributed by atoms with Crippen LogP contribution in [-0.2, 0) is 16.0 Å². The van der Waals surface area contributed by atoms with Crippen molar-refractivity contribution in [2.75, 3.05) is 13.1 Å². The van der Waals surface area contributed by atoms with Crippen molar-refractivity contribution in [3.8, 4) is 0 Å². The van der Waals surface area contributed by atoms with Crippen LogP contribution in [0.4, 0.5) is 0 Å². The first-order valence-electron chi connectivity index (χ1n) is 5.75. The molecule has 1 N–H and O–H groups in total. The van der Waals surface area contributed by atoms with E-state index in [9.17, 15) is 9.59 Å². The van der Waals surface area contributed by atoms with E-state index in [1.54, 1.807) is 16.2 Å². The predicted molar refractivity (Wildman–Crippen MR) is 74.8 cm³/mol. The zero-order valence-corrected chi connectivity index (χ0v) is 12.6. The Hall–Kier alpha value is -0.880. The van der Waals surface area contributed by atoms with Gasteiger partial charge in [0, 0.05) is 34.2 Å². The summed E-state index contributed by atoms with van der Waals surface area (Å²) >= 11 is 4.99. The molecule has 100 valence electrons. The van der Waals surface area contributed by atoms with Gasteiger partial charge in [0.1, 0.15) is 0 Å². The molecule has 0 bridgehead atoms. The molecule has 0 radical (unpaired) electrons. The van der Waals surface area contributed by atoms with E-state index >= 15 is 0 Å². The Labute approximate surface area is 119 Å². The van der Waals surface area contributed by atoms with Crippen LogP contribution in [0.15, 0.2) is 15.9 Å². The van der Waals surface area contributed by atoms with Crippen molar-refractivity contribution >= 4 is 39.1 Å². The van der Waals surface area contributed by atoms with Gasteiger partial charge in [0.2, 0.25) is 5.91 Å². The monoisotopic (exact) mass is 333 g/mol. The van der Waals surface area contributed by atoms with E-state index in [1.165, 1.54) is 0 Å². The second kappa shape index (κ2) is 7.53. The molecule has 0 saturated carbocycles. The van der Waals surface area contributed by atoms with Crippen LogP contribution in [0.5, 0.6) is 0 Å². The van der Waals surface area contributed by atoms with Crippen molar-refractivity contribution in [1.29, 1.82) is 0 Å². The molecule has 0 fully saturated rings. The summed E-state index contributed by atoms with van der Waals surface area (Å²) in [5, 5.41) is 10.6. The van der Waals surface area contributed by atoms with E-state index in [0.717, 1.165) is 9.35 Å². The normalized spacial score (nSPS) is 10.3. The first-order chi connectivity index (χ1) is 8.52. The molecular formula is C12H16BrNO3S. The number of carbonyl (C=O) groups is 2. The summed E-state index contributed by atoms with van der Waals surface area (Å²) in [5.74, 6) is -0.855. The van der Waals surface area contributed by atoms with Gasteiger partial charge < -0.3 is 10.0 Å². The van der Waals surface area contributed by atoms with Crippen LogP contribution in [0.2, 0.25) is 0 Å². The van der Waals surface area contributed by atoms with Crippen molar-refractivity contribution in [3.63, 3.8) is 0 Å². The van der Waals surface area contributed by atoms with Gasteiger partial charge in [0.25, 0.3) is 0 Å². The van der Waals surface area contributed by atoms with Crippen LogP contribution < -0.4 is 0 Å². The molecule has 0 aliphatic heterocycles. The van der Waals surface area contributed by atoms with Crippen molar-refractivity contribution in [2.24, 2.45) is 0 Å². The van der Waals surface area contributed by atoms with E-state index in [0.29, 0.717) is 25.9 Å². The Balaban J connectivity index is 2.39. The number of hydrogen-bond donors (Lipinski definition) is 1. The molecule has 0 unspecified atom stereocenters. The molecule has 0 aliphatic carbocycles. The number of thiophene rings is 1. The number of rotatable bonds is 7. The first-order valence-corrected chi connectivity index (χ1v) is 7.42. The van der Waals surface area contributed by atoms with Gasteiger partial charge in [-0.3, -0.25) is 9.59 Å². The number of hydrogen-bond acceptors (Lipinski definition) is 3. The average molecular weight is 334 g/mol. The molecule has 1 heterocycles. The van der Waals surface area contributed by atoms with E-state index in [-0.39, 0.29) is 12.3 Å². The second-order valence-electron chi connectivity index (χ2n) is 3.85. The van der Waals surface area contributed by atoms with Gasteiger partial charge in [0.15, 0.2) is 0 Å². The van der Waals surface area contributed by atoms with Crippen molar-refractivity contribution in [1.82, 2.24) is 4.90 Å². The highest BCUT2D eigenvalue weighted by Gasteiger charge is 2.13. The van der Waals surface area contributed by atoms with E-state index in [2.05, 4.69) is 15.9 Å². The lowest BCUT2D eigenvalue weighted by atomic mass is 10.2. The van der Waals surface area contributed by atoms with Crippen LogP contribution in [0.3, 0.4) is 0 Å². The lowest BCUT2D eigenvalue weighted by Crippen LogP contribution is -2.32. The number of carbonyl (C=O) groups excluding carboxylic acids is 1. The minimum atomic E-state index is -0.872. The third-order valence-corrected chi connectivity index (χ3v) is 4.29. The van der Waals surface area contributed by atoms with Gasteiger partial charge in [-0.05, 0) is 35.3 Å². The Morgan fingerprint density at radius 1 is 1.44 bits per heavy atom. The molecule has 1 aromatic rings. The highest BCUT2D eigenvalue weighted by atomic mass is 79.9. The summed E-state index contributed by atoms with van der Waals surface area (Å²) < 4.78 is 1.04. The molecule has 1 amide bonds. The van der Waals surface area contributed by atoms with E-state index in [1.807, 2.05) is 18.4 Å². The number of amides is 1. The summed E-state index contributed by atoms with van der Waals surface area (Å²) in [6.45, 7) is 2.71. The Morgan fingerprint density at radius 2 is 2.17 bits per heavy atom. The maximum Gasteiger partial charge on any atom is 0.305 e. The third-order valence-electron chi connectivity index (χ3n) is 2.54. The van der Waals surface area contributed by atoms with Gasteiger partial charge in [-0.2, -0.15) is 0 Å². The van der Waals surface area contributed by atoms with Crippen LogP contribution >= 0.6 is 27.3 Å². The highest BCUT2D eigenvalue weighted by molar-refractivity contribution is 9.10. The molecule has 1 rings (SSSR count). The predicted octanol–water partition coefficient (Wildman–Crippen LogP) is 2.77. The third kappa shape index (κ3) is 5.18. The fraction of sp³-hybridized carbons (Fsp3) is 0.500. The number of carboxylic acid groups (broad SMARTS) is 1. The topological polar surface area (TPSA) is 57.6 Å². The lowest BCUT2D eigenvalue weighted by molar-refractivity contribution is -0.138. The van der Waals surface area contributed by atoms with Crippen molar-refractivity contribution in [3.05, 3.63) is 20.8 Å². The van der Waals surface area contributed by atoms with Crippen LogP contribution in [-0.4, -0.2) is 35.0 Å². The SMILES string of the molecule is CCN(CCC(=O)O)C(=O)CCc1cc(Br)cs1. The van der Waals surface area contributed by atoms with Crippen LogP contribution in [0.1, 0.15) is 24.6 Å². The fourth-order valence-corrected chi connectivity index (χ4v) is 3.02. The van der Waals surface area contributed by atoms with E-state index in [4.69, 9.17) is 5.11 Å². The zero-order valence-electron chi connectivity index (χ0n) is 10.2. The zero-order chi connectivity index (χ0) is 13.5. The summed E-state index contributed by atoms with van der Waals surface area (Å²) in [5.41, 5.74) is 0. The Bertz CT molecular complexity index is 419. The van der Waals surface area contributed by atoms with Crippen LogP contribution in [0.25, 0.3) is 0 Å². The van der Waals surface area contributed by atoms with Crippen molar-refractivity contribution in [2.45, 2.75) is 26.2 Å². The molecular weight excluding hydrogens is 318 g/mol. The minimum Gasteiger partial charge on any atom is -0.481 e. The molecule has 1 aromatic heterocycles. The molecule has 0 aromatic carbocycles. The smallest absolute Gasteiger partial charge is 0.305 e. The number of aryl methyl sites for hydroxylation is 1. The quantitative estimate of drug-likeness (QED) is 0.834. The number of halogens is 1. The van der Waals surface area contributed by atoms with Gasteiger partial charge in [-0.1, -0.05) is 0 Å². The van der Waals surface area contributed by atoms with Crippen LogP contribution in [0, 0.1) is 0 Å². The maximum atomic E-state index is 11.9. The second-order valence-corrected chi connectivity index (χ2v) is 5.76. The summed E-state index contributed by atoms with van der Waals surface area (Å²) in [6, 6.07) is 2.01. The summed E-state index contributed by atoms with van der Waals surface area (Å²) in [7, 11) is 0. The molecule has 0 aliphatic rings. The van der Waals surface area contributed by atoms with Crippen molar-refractivity contribution < 1.29 is 14.7 Å². The molecule has 0 saturated heterocycles. The summed E-state index contributed by atoms with van der Waals surface area (Å²) in [6.07, 6.45) is 1.14. The molecule has 6 heteroatoms. The molecule has 0 atom stereocenters. The molecule has 4 nitrogen and oxygen atoms in total.